The second-order valence-electron chi connectivity index (χ2n) is 12.4. The van der Waals surface area contributed by atoms with Gasteiger partial charge in [-0.15, -0.1) is 0 Å². The second kappa shape index (κ2) is 34.9. The van der Waals surface area contributed by atoms with Gasteiger partial charge in [0.1, 0.15) is 11.8 Å². The van der Waals surface area contributed by atoms with Crippen LogP contribution >= 0.6 is 0 Å². The quantitative estimate of drug-likeness (QED) is 0.0622. The van der Waals surface area contributed by atoms with Crippen molar-refractivity contribution in [3.05, 3.63) is 71.5 Å². The van der Waals surface area contributed by atoms with Crippen LogP contribution in [0.4, 0.5) is 0 Å². The molecule has 49 heavy (non-hydrogen) atoms. The summed E-state index contributed by atoms with van der Waals surface area (Å²) in [7, 11) is 0. The summed E-state index contributed by atoms with van der Waals surface area (Å²) in [5.74, 6) is 0.474. The first-order valence-electron chi connectivity index (χ1n) is 18.6. The molecule has 0 aliphatic rings. The van der Waals surface area contributed by atoms with Gasteiger partial charge in [0.15, 0.2) is 0 Å². The largest absolute Gasteiger partial charge is 0.493 e. The Morgan fingerprint density at radius 3 is 1.96 bits per heavy atom. The first kappa shape index (κ1) is 52.9. The van der Waals surface area contributed by atoms with Crippen molar-refractivity contribution < 1.29 is 14.3 Å². The fraction of sp³-hybridized carbons (Fsp3) is 0.667. The fourth-order valence-corrected chi connectivity index (χ4v) is 4.23. The highest BCUT2D eigenvalue weighted by Crippen LogP contribution is 2.16. The zero-order chi connectivity index (χ0) is 37.4. The van der Waals surface area contributed by atoms with E-state index in [4.69, 9.17) is 4.74 Å². The van der Waals surface area contributed by atoms with Crippen molar-refractivity contribution in [1.29, 1.82) is 0 Å². The summed E-state index contributed by atoms with van der Waals surface area (Å²) in [4.78, 5) is 25.5. The molecule has 1 aromatic carbocycles. The third-order valence-electron chi connectivity index (χ3n) is 7.12. The van der Waals surface area contributed by atoms with Gasteiger partial charge in [-0.3, -0.25) is 9.59 Å². The topological polar surface area (TPSA) is 91.5 Å². The minimum atomic E-state index is -0.633. The molecule has 2 amide bonds. The molecule has 7 nitrogen and oxygen atoms in total. The Kier molecular flexibility index (Phi) is 37.7. The van der Waals surface area contributed by atoms with Gasteiger partial charge < -0.3 is 26.0 Å². The predicted octanol–water partition coefficient (Wildman–Crippen LogP) is 9.75. The summed E-state index contributed by atoms with van der Waals surface area (Å²) in [6, 6.07) is 8.06. The molecule has 0 radical (unpaired) electrons. The summed E-state index contributed by atoms with van der Waals surface area (Å²) in [6.07, 6.45) is 12.4. The lowest BCUT2D eigenvalue weighted by Gasteiger charge is -2.29. The number of rotatable bonds is 20. The zero-order valence-corrected chi connectivity index (χ0v) is 33.4. The normalized spacial score (nSPS) is 12.6. The van der Waals surface area contributed by atoms with Crippen LogP contribution < -0.4 is 21.3 Å². The molecule has 0 aliphatic carbocycles. The van der Waals surface area contributed by atoms with Gasteiger partial charge in [0.25, 0.3) is 0 Å². The number of amides is 2. The monoisotopic (exact) mass is 689 g/mol. The van der Waals surface area contributed by atoms with Gasteiger partial charge in [-0.25, -0.2) is 0 Å². The lowest BCUT2D eigenvalue weighted by Crippen LogP contribution is -2.55. The van der Waals surface area contributed by atoms with Crippen molar-refractivity contribution >= 4 is 11.8 Å². The van der Waals surface area contributed by atoms with Gasteiger partial charge in [-0.05, 0) is 71.4 Å². The molecular weight excluding hydrogens is 608 g/mol. The predicted molar refractivity (Wildman–Crippen MR) is 217 cm³/mol. The van der Waals surface area contributed by atoms with Crippen LogP contribution in [0.25, 0.3) is 0 Å². The molecule has 286 valence electrons. The lowest BCUT2D eigenvalue weighted by atomic mass is 9.93. The van der Waals surface area contributed by atoms with Gasteiger partial charge in [0.05, 0.1) is 13.2 Å². The molecule has 1 aromatic rings. The molecule has 0 saturated heterocycles. The van der Waals surface area contributed by atoms with E-state index in [0.29, 0.717) is 19.7 Å². The highest BCUT2D eigenvalue weighted by molar-refractivity contribution is 5.88. The van der Waals surface area contributed by atoms with Gasteiger partial charge >= 0.3 is 0 Å². The Morgan fingerprint density at radius 1 is 0.980 bits per heavy atom. The van der Waals surface area contributed by atoms with E-state index in [1.54, 1.807) is 0 Å². The van der Waals surface area contributed by atoms with E-state index in [2.05, 4.69) is 108 Å². The summed E-state index contributed by atoms with van der Waals surface area (Å²) in [6.45, 7) is 32.5. The molecule has 0 saturated carbocycles. The van der Waals surface area contributed by atoms with Crippen molar-refractivity contribution in [2.24, 2.45) is 0 Å². The standard InChI is InChI=1S/C28H52N4O3.C8H10.C3H8.C2H6.CH4/c1-9-15-25(35-19-11-3)23(12-4)16-14-18-29-27(34)24(20-30-22(6)7)32-26(33)21-31-28(8,13-5)17-10-2;1-7-3-5-8(2)6-4-7;1-3-2;1-2;/h9,12,15,22,24,30-31H,4,10-11,13-14,16-21H2,1-3,5-8H3,(H,29,34)(H,32,33);3-6H,1-2H3;3H2,1-2H3;1-2H3;1H4/b15-9-,25-23-;;;;. The highest BCUT2D eigenvalue weighted by atomic mass is 16.5. The number of hydrogen-bond acceptors (Lipinski definition) is 5. The van der Waals surface area contributed by atoms with Crippen molar-refractivity contribution in [3.63, 3.8) is 0 Å². The number of benzene rings is 1. The summed E-state index contributed by atoms with van der Waals surface area (Å²) >= 11 is 0. The molecule has 0 heterocycles. The molecule has 0 aromatic heterocycles. The minimum Gasteiger partial charge on any atom is -0.493 e. The molecular formula is C42H80N4O3. The van der Waals surface area contributed by atoms with Crippen LogP contribution in [0.1, 0.15) is 140 Å². The van der Waals surface area contributed by atoms with Gasteiger partial charge in [-0.2, -0.15) is 0 Å². The average molecular weight is 689 g/mol. The van der Waals surface area contributed by atoms with Crippen molar-refractivity contribution in [2.45, 2.75) is 160 Å². The smallest absolute Gasteiger partial charge is 0.243 e. The van der Waals surface area contributed by atoms with Gasteiger partial charge in [0, 0.05) is 24.7 Å². The number of nitrogens with one attached hydrogen (secondary N) is 4. The van der Waals surface area contributed by atoms with Crippen LogP contribution in [-0.4, -0.2) is 55.7 Å². The Labute approximate surface area is 304 Å². The molecule has 2 unspecified atom stereocenters. The fourth-order valence-electron chi connectivity index (χ4n) is 4.23. The molecule has 1 rings (SSSR count). The van der Waals surface area contributed by atoms with E-state index in [9.17, 15) is 9.59 Å². The van der Waals surface area contributed by atoms with Crippen LogP contribution in [0.3, 0.4) is 0 Å². The number of aryl methyl sites for hydroxylation is 2. The van der Waals surface area contributed by atoms with E-state index in [-0.39, 0.29) is 37.4 Å². The van der Waals surface area contributed by atoms with E-state index in [0.717, 1.165) is 49.9 Å². The molecule has 0 bridgehead atoms. The molecule has 0 aliphatic heterocycles. The van der Waals surface area contributed by atoms with E-state index in [1.807, 2.05) is 52.8 Å². The first-order valence-corrected chi connectivity index (χ1v) is 18.6. The number of allylic oxidation sites excluding steroid dienone is 4. The number of ether oxygens (including phenoxy) is 1. The maximum absolute atomic E-state index is 12.9. The van der Waals surface area contributed by atoms with Crippen LogP contribution in [0.15, 0.2) is 60.4 Å². The maximum atomic E-state index is 12.9. The van der Waals surface area contributed by atoms with E-state index < -0.39 is 6.04 Å². The first-order chi connectivity index (χ1) is 22.9. The van der Waals surface area contributed by atoms with Crippen LogP contribution in [-0.2, 0) is 14.3 Å². The Balaban J connectivity index is -0.000000605. The highest BCUT2D eigenvalue weighted by Gasteiger charge is 2.24. The number of hydrogen-bond donors (Lipinski definition) is 4. The molecule has 7 heteroatoms. The van der Waals surface area contributed by atoms with Crippen molar-refractivity contribution in [1.82, 2.24) is 21.3 Å². The van der Waals surface area contributed by atoms with Crippen molar-refractivity contribution in [2.75, 3.05) is 26.2 Å². The van der Waals surface area contributed by atoms with Gasteiger partial charge in [0.2, 0.25) is 11.8 Å². The third-order valence-corrected chi connectivity index (χ3v) is 7.12. The van der Waals surface area contributed by atoms with Crippen LogP contribution in [0, 0.1) is 13.8 Å². The SMILES string of the molecule is C.C=C/C(CCCNC(=O)C(CNC(C)C)NC(=O)CNC(C)(CC)CCC)=C(\C=C/C)OCCC.CC.CCC.Cc1ccc(C)cc1. The zero-order valence-electron chi connectivity index (χ0n) is 33.4. The lowest BCUT2D eigenvalue weighted by molar-refractivity contribution is -0.128. The number of carbonyl (C=O) groups is 2. The second-order valence-corrected chi connectivity index (χ2v) is 12.4. The summed E-state index contributed by atoms with van der Waals surface area (Å²) < 4.78 is 5.84. The number of carbonyl (C=O) groups excluding carboxylic acids is 2. The molecule has 0 fully saturated rings. The molecule has 2 atom stereocenters. The minimum absolute atomic E-state index is 0. The average Bonchev–Trinajstić information content (AvgIpc) is 3.07. The van der Waals surface area contributed by atoms with Crippen LogP contribution in [0.5, 0.6) is 0 Å². The third kappa shape index (κ3) is 29.7. The Morgan fingerprint density at radius 2 is 1.53 bits per heavy atom. The van der Waals surface area contributed by atoms with E-state index >= 15 is 0 Å². The molecule has 0 spiro atoms. The summed E-state index contributed by atoms with van der Waals surface area (Å²) in [5, 5.41) is 12.5. The molecule has 4 N–H and O–H groups in total. The van der Waals surface area contributed by atoms with Crippen molar-refractivity contribution in [3.8, 4) is 0 Å². The Bertz CT molecular complexity index is 981. The Hall–Kier alpha value is -2.90. The maximum Gasteiger partial charge on any atom is 0.243 e. The van der Waals surface area contributed by atoms with Gasteiger partial charge in [-0.1, -0.05) is 137 Å². The summed E-state index contributed by atoms with van der Waals surface area (Å²) in [5.41, 5.74) is 3.60. The van der Waals surface area contributed by atoms with Crippen LogP contribution in [0.2, 0.25) is 0 Å². The van der Waals surface area contributed by atoms with E-state index in [1.165, 1.54) is 17.5 Å².